The zero-order valence-corrected chi connectivity index (χ0v) is 15.3. The molecule has 3 rings (SSSR count). The fourth-order valence-electron chi connectivity index (χ4n) is 2.75. The number of nitrogens with zero attached hydrogens (tertiary/aromatic N) is 2. The number of pyridine rings is 1. The Morgan fingerprint density at radius 1 is 1.28 bits per heavy atom. The summed E-state index contributed by atoms with van der Waals surface area (Å²) in [6.45, 7) is 0.506. The molecule has 0 fully saturated rings. The minimum Gasteiger partial charge on any atom is -0.435 e. The Hall–Kier alpha value is -3.08. The first kappa shape index (κ1) is 20.6. The highest BCUT2D eigenvalue weighted by atomic mass is 32.1. The van der Waals surface area contributed by atoms with Crippen molar-refractivity contribution < 1.29 is 26.7 Å². The largest absolute Gasteiger partial charge is 0.435 e. The average Bonchev–Trinajstić information content (AvgIpc) is 2.63. The van der Waals surface area contributed by atoms with Gasteiger partial charge >= 0.3 is 12.8 Å². The third-order valence-electron chi connectivity index (χ3n) is 3.94. The van der Waals surface area contributed by atoms with E-state index in [0.29, 0.717) is 0 Å². The molecule has 3 aromatic rings. The molecule has 0 bridgehead atoms. The van der Waals surface area contributed by atoms with Gasteiger partial charge < -0.3 is 4.74 Å². The van der Waals surface area contributed by atoms with Gasteiger partial charge in [-0.3, -0.25) is 14.3 Å². The Labute approximate surface area is 165 Å². The normalized spacial score (nSPS) is 11.8. The molecule has 11 heteroatoms. The number of nitrogens with one attached hydrogen (secondary N) is 1. The van der Waals surface area contributed by atoms with Gasteiger partial charge in [-0.2, -0.15) is 22.0 Å². The van der Waals surface area contributed by atoms with Crippen LogP contribution >= 0.6 is 12.2 Å². The first-order chi connectivity index (χ1) is 13.6. The maximum absolute atomic E-state index is 13.7. The summed E-state index contributed by atoms with van der Waals surface area (Å²) < 4.78 is 70.9. The Balaban J connectivity index is 2.31. The van der Waals surface area contributed by atoms with Crippen LogP contribution in [0.15, 0.2) is 47.8 Å². The number of allylic oxidation sites excluding steroid dienone is 1. The molecule has 0 amide bonds. The van der Waals surface area contributed by atoms with E-state index in [1.165, 1.54) is 34.9 Å². The van der Waals surface area contributed by atoms with Gasteiger partial charge in [0, 0.05) is 12.1 Å². The van der Waals surface area contributed by atoms with Crippen molar-refractivity contribution in [1.82, 2.24) is 14.5 Å². The molecule has 0 saturated heterocycles. The van der Waals surface area contributed by atoms with Crippen molar-refractivity contribution in [3.8, 4) is 17.0 Å². The molecule has 0 spiro atoms. The molecular formula is C18H12F5N3O2S. The smallest absolute Gasteiger partial charge is 0.417 e. The van der Waals surface area contributed by atoms with Crippen molar-refractivity contribution in [2.45, 2.75) is 19.3 Å². The van der Waals surface area contributed by atoms with E-state index < -0.39 is 29.3 Å². The van der Waals surface area contributed by atoms with Crippen LogP contribution in [-0.4, -0.2) is 21.1 Å². The minimum absolute atomic E-state index is 0.0149. The van der Waals surface area contributed by atoms with Crippen LogP contribution < -0.4 is 10.3 Å². The van der Waals surface area contributed by atoms with Gasteiger partial charge in [0.25, 0.3) is 5.56 Å². The summed E-state index contributed by atoms with van der Waals surface area (Å²) in [5.41, 5.74) is -2.39. The maximum Gasteiger partial charge on any atom is 0.417 e. The SMILES string of the molecule is C=CCn1c(=S)[nH]c(=O)c2c(C(F)(F)F)cc(-c3ccc(OC(F)F)cc3)nc21. The minimum atomic E-state index is -4.85. The number of hydrogen-bond donors (Lipinski definition) is 1. The van der Waals surface area contributed by atoms with E-state index in [0.717, 1.165) is 6.07 Å². The number of ether oxygens (including phenoxy) is 1. The highest BCUT2D eigenvalue weighted by Gasteiger charge is 2.35. The standard InChI is InChI=1S/C18H12F5N3O2S/c1-2-7-26-14-13(15(27)25-17(26)29)11(18(21,22)23)8-12(24-14)9-3-5-10(6-4-9)28-16(19)20/h2-6,8,16H,1,7H2,(H,25,27,29). The van der Waals surface area contributed by atoms with Crippen molar-refractivity contribution >= 4 is 23.3 Å². The zero-order valence-electron chi connectivity index (χ0n) is 14.5. The molecule has 0 unspecified atom stereocenters. The van der Waals surface area contributed by atoms with E-state index in [9.17, 15) is 26.7 Å². The van der Waals surface area contributed by atoms with E-state index in [1.54, 1.807) is 0 Å². The molecule has 0 saturated carbocycles. The molecule has 0 aliphatic carbocycles. The molecule has 0 aliphatic heterocycles. The Morgan fingerprint density at radius 3 is 2.48 bits per heavy atom. The number of aromatic nitrogens is 3. The molecule has 5 nitrogen and oxygen atoms in total. The summed E-state index contributed by atoms with van der Waals surface area (Å²) in [6, 6.07) is 5.64. The lowest BCUT2D eigenvalue weighted by molar-refractivity contribution is -0.136. The third-order valence-corrected chi connectivity index (χ3v) is 4.26. The van der Waals surface area contributed by atoms with Crippen LogP contribution in [0.25, 0.3) is 22.3 Å². The fourth-order valence-corrected chi connectivity index (χ4v) is 3.00. The lowest BCUT2D eigenvalue weighted by Gasteiger charge is -2.15. The van der Waals surface area contributed by atoms with Gasteiger partial charge in [0.05, 0.1) is 16.6 Å². The second-order valence-electron chi connectivity index (χ2n) is 5.81. The highest BCUT2D eigenvalue weighted by molar-refractivity contribution is 7.71. The van der Waals surface area contributed by atoms with Crippen LogP contribution in [0.3, 0.4) is 0 Å². The predicted molar refractivity (Wildman–Crippen MR) is 98.5 cm³/mol. The van der Waals surface area contributed by atoms with E-state index in [-0.39, 0.29) is 34.0 Å². The van der Waals surface area contributed by atoms with Crippen LogP contribution in [0.2, 0.25) is 0 Å². The van der Waals surface area contributed by atoms with Crippen LogP contribution in [0.1, 0.15) is 5.56 Å². The van der Waals surface area contributed by atoms with Crippen LogP contribution in [0.5, 0.6) is 5.75 Å². The molecule has 0 atom stereocenters. The van der Waals surface area contributed by atoms with Gasteiger partial charge in [-0.05, 0) is 42.5 Å². The molecule has 0 radical (unpaired) electrons. The summed E-state index contributed by atoms with van der Waals surface area (Å²) in [4.78, 5) is 18.6. The molecular weight excluding hydrogens is 417 g/mol. The number of hydrogen-bond acceptors (Lipinski definition) is 4. The maximum atomic E-state index is 13.7. The lowest BCUT2D eigenvalue weighted by atomic mass is 10.1. The van der Waals surface area contributed by atoms with Crippen molar-refractivity contribution in [3.63, 3.8) is 0 Å². The number of H-pyrrole nitrogens is 1. The summed E-state index contributed by atoms with van der Waals surface area (Å²) in [5, 5.41) is -0.658. The summed E-state index contributed by atoms with van der Waals surface area (Å²) in [6.07, 6.45) is -3.46. The van der Waals surface area contributed by atoms with Gasteiger partial charge in [-0.25, -0.2) is 4.98 Å². The van der Waals surface area contributed by atoms with Gasteiger partial charge in [0.15, 0.2) is 4.77 Å². The van der Waals surface area contributed by atoms with Crippen molar-refractivity contribution in [3.05, 3.63) is 63.7 Å². The van der Waals surface area contributed by atoms with Crippen molar-refractivity contribution in [1.29, 1.82) is 0 Å². The molecule has 0 aliphatic rings. The molecule has 152 valence electrons. The third kappa shape index (κ3) is 4.19. The second-order valence-corrected chi connectivity index (χ2v) is 6.20. The first-order valence-electron chi connectivity index (χ1n) is 8.03. The van der Waals surface area contributed by atoms with Gasteiger partial charge in [-0.1, -0.05) is 6.08 Å². The average molecular weight is 429 g/mol. The highest BCUT2D eigenvalue weighted by Crippen LogP contribution is 2.35. The fraction of sp³-hybridized carbons (Fsp3) is 0.167. The van der Waals surface area contributed by atoms with E-state index >= 15 is 0 Å². The van der Waals surface area contributed by atoms with Gasteiger partial charge in [-0.15, -0.1) is 6.58 Å². The van der Waals surface area contributed by atoms with E-state index in [2.05, 4.69) is 21.3 Å². The van der Waals surface area contributed by atoms with Crippen LogP contribution in [-0.2, 0) is 12.7 Å². The molecule has 2 heterocycles. The number of fused-ring (bicyclic) bond motifs is 1. The summed E-state index contributed by atoms with van der Waals surface area (Å²) in [5.74, 6) is -0.161. The number of aromatic amines is 1. The summed E-state index contributed by atoms with van der Waals surface area (Å²) >= 11 is 5.04. The molecule has 1 aromatic carbocycles. The molecule has 29 heavy (non-hydrogen) atoms. The van der Waals surface area contributed by atoms with E-state index in [1.807, 2.05) is 0 Å². The Kier molecular flexibility index (Phi) is 5.51. The molecule has 1 N–H and O–H groups in total. The predicted octanol–water partition coefficient (Wildman–Crippen LogP) is 4.93. The Morgan fingerprint density at radius 2 is 1.93 bits per heavy atom. The number of rotatable bonds is 5. The number of halogens is 5. The lowest BCUT2D eigenvalue weighted by Crippen LogP contribution is -2.20. The van der Waals surface area contributed by atoms with Crippen molar-refractivity contribution in [2.24, 2.45) is 0 Å². The van der Waals surface area contributed by atoms with Crippen molar-refractivity contribution in [2.75, 3.05) is 0 Å². The van der Waals surface area contributed by atoms with Crippen LogP contribution in [0.4, 0.5) is 22.0 Å². The quantitative estimate of drug-likeness (QED) is 0.355. The first-order valence-corrected chi connectivity index (χ1v) is 8.44. The molecule has 2 aromatic heterocycles. The zero-order chi connectivity index (χ0) is 21.3. The summed E-state index contributed by atoms with van der Waals surface area (Å²) in [7, 11) is 0. The van der Waals surface area contributed by atoms with Crippen LogP contribution in [0, 0.1) is 4.77 Å². The van der Waals surface area contributed by atoms with Gasteiger partial charge in [0.1, 0.15) is 11.4 Å². The number of alkyl halides is 5. The van der Waals surface area contributed by atoms with E-state index in [4.69, 9.17) is 12.2 Å². The Bertz CT molecular complexity index is 1180. The monoisotopic (exact) mass is 429 g/mol. The topological polar surface area (TPSA) is 59.9 Å². The number of benzene rings is 1. The second kappa shape index (κ2) is 7.74. The van der Waals surface area contributed by atoms with Gasteiger partial charge in [0.2, 0.25) is 0 Å².